The van der Waals surface area contributed by atoms with Crippen LogP contribution in [0.2, 0.25) is 0 Å². The number of carbonyl (C=O) groups excluding carboxylic acids is 2. The topological polar surface area (TPSA) is 46.6 Å². The molecule has 0 N–H and O–H groups in total. The predicted molar refractivity (Wildman–Crippen MR) is 53.8 cm³/mol. The molecule has 0 aliphatic rings. The number of likely N-dealkylation sites (N-methyl/N-ethyl adjacent to an activating group) is 1. The van der Waals surface area contributed by atoms with Crippen LogP contribution in [0.15, 0.2) is 0 Å². The van der Waals surface area contributed by atoms with Crippen molar-refractivity contribution in [2.45, 2.75) is 32.6 Å². The molecule has 0 bridgehead atoms. The Labute approximate surface area is 85.2 Å². The first-order valence-corrected chi connectivity index (χ1v) is 4.92. The average Bonchev–Trinajstić information content (AvgIpc) is 2.17. The molecule has 0 aliphatic heterocycles. The SMILES string of the molecule is CCCCCC(=O)N(C)CC(=O)OC. The van der Waals surface area contributed by atoms with E-state index in [1.807, 2.05) is 0 Å². The Kier molecular flexibility index (Phi) is 6.80. The van der Waals surface area contributed by atoms with E-state index in [1.165, 1.54) is 12.0 Å². The van der Waals surface area contributed by atoms with Gasteiger partial charge in [-0.25, -0.2) is 0 Å². The fourth-order valence-corrected chi connectivity index (χ4v) is 1.06. The summed E-state index contributed by atoms with van der Waals surface area (Å²) in [5.41, 5.74) is 0. The third-order valence-corrected chi connectivity index (χ3v) is 2.01. The van der Waals surface area contributed by atoms with Crippen molar-refractivity contribution in [3.63, 3.8) is 0 Å². The molecule has 0 fully saturated rings. The molecule has 0 saturated carbocycles. The molecule has 4 nitrogen and oxygen atoms in total. The highest BCUT2D eigenvalue weighted by Gasteiger charge is 2.11. The zero-order valence-electron chi connectivity index (χ0n) is 9.21. The number of amides is 1. The highest BCUT2D eigenvalue weighted by atomic mass is 16.5. The summed E-state index contributed by atoms with van der Waals surface area (Å²) in [5, 5.41) is 0. The maximum Gasteiger partial charge on any atom is 0.325 e. The molecule has 0 atom stereocenters. The lowest BCUT2D eigenvalue weighted by molar-refractivity contribution is -0.146. The van der Waals surface area contributed by atoms with Crippen LogP contribution in [0.4, 0.5) is 0 Å². The van der Waals surface area contributed by atoms with E-state index < -0.39 is 0 Å². The lowest BCUT2D eigenvalue weighted by Gasteiger charge is -2.15. The molecule has 82 valence electrons. The van der Waals surface area contributed by atoms with Gasteiger partial charge < -0.3 is 9.64 Å². The third-order valence-electron chi connectivity index (χ3n) is 2.01. The fraction of sp³-hybridized carbons (Fsp3) is 0.800. The summed E-state index contributed by atoms with van der Waals surface area (Å²) in [7, 11) is 2.93. The molecule has 0 aromatic rings. The summed E-state index contributed by atoms with van der Waals surface area (Å²) in [5.74, 6) is -0.375. The Morgan fingerprint density at radius 3 is 2.43 bits per heavy atom. The number of methoxy groups -OCH3 is 1. The fourth-order valence-electron chi connectivity index (χ4n) is 1.06. The largest absolute Gasteiger partial charge is 0.468 e. The second kappa shape index (κ2) is 7.35. The van der Waals surface area contributed by atoms with Gasteiger partial charge in [0, 0.05) is 13.5 Å². The Bertz CT molecular complexity index is 192. The van der Waals surface area contributed by atoms with Gasteiger partial charge in [0.25, 0.3) is 0 Å². The zero-order valence-corrected chi connectivity index (χ0v) is 9.21. The van der Waals surface area contributed by atoms with Crippen LogP contribution >= 0.6 is 0 Å². The van der Waals surface area contributed by atoms with Crippen molar-refractivity contribution in [3.05, 3.63) is 0 Å². The van der Waals surface area contributed by atoms with Gasteiger partial charge in [-0.3, -0.25) is 9.59 Å². The summed E-state index contributed by atoms with van der Waals surface area (Å²) in [6, 6.07) is 0. The molecule has 0 saturated heterocycles. The number of unbranched alkanes of at least 4 members (excludes halogenated alkanes) is 2. The quantitative estimate of drug-likeness (QED) is 0.479. The van der Waals surface area contributed by atoms with E-state index >= 15 is 0 Å². The van der Waals surface area contributed by atoms with Crippen LogP contribution in [-0.4, -0.2) is 37.5 Å². The molecule has 0 unspecified atom stereocenters. The van der Waals surface area contributed by atoms with Crippen molar-refractivity contribution < 1.29 is 14.3 Å². The third kappa shape index (κ3) is 5.56. The molecule has 0 aliphatic carbocycles. The standard InChI is InChI=1S/C10H19NO3/c1-4-5-6-7-9(12)11(2)8-10(13)14-3/h4-8H2,1-3H3. The first kappa shape index (κ1) is 12.9. The Hall–Kier alpha value is -1.06. The van der Waals surface area contributed by atoms with E-state index in [4.69, 9.17) is 0 Å². The molecule has 4 heteroatoms. The van der Waals surface area contributed by atoms with Crippen molar-refractivity contribution in [2.75, 3.05) is 20.7 Å². The van der Waals surface area contributed by atoms with Crippen molar-refractivity contribution >= 4 is 11.9 Å². The van der Waals surface area contributed by atoms with Gasteiger partial charge >= 0.3 is 5.97 Å². The Balaban J connectivity index is 3.70. The summed E-state index contributed by atoms with van der Waals surface area (Å²) in [6.45, 7) is 2.13. The van der Waals surface area contributed by atoms with Gasteiger partial charge in [0.1, 0.15) is 6.54 Å². The van der Waals surface area contributed by atoms with Gasteiger partial charge in [0.05, 0.1) is 7.11 Å². The van der Waals surface area contributed by atoms with Gasteiger partial charge in [-0.2, -0.15) is 0 Å². The van der Waals surface area contributed by atoms with E-state index in [-0.39, 0.29) is 18.4 Å². The number of nitrogens with zero attached hydrogens (tertiary/aromatic N) is 1. The second-order valence-electron chi connectivity index (χ2n) is 3.28. The minimum atomic E-state index is -0.378. The molecule has 0 heterocycles. The molecule has 0 radical (unpaired) electrons. The van der Waals surface area contributed by atoms with Gasteiger partial charge in [-0.05, 0) is 6.42 Å². The Morgan fingerprint density at radius 2 is 1.93 bits per heavy atom. The summed E-state index contributed by atoms with van der Waals surface area (Å²) >= 11 is 0. The molecule has 0 spiro atoms. The number of hydrogen-bond donors (Lipinski definition) is 0. The van der Waals surface area contributed by atoms with E-state index in [0.717, 1.165) is 19.3 Å². The smallest absolute Gasteiger partial charge is 0.325 e. The monoisotopic (exact) mass is 201 g/mol. The van der Waals surface area contributed by atoms with E-state index in [1.54, 1.807) is 7.05 Å². The van der Waals surface area contributed by atoms with Crippen molar-refractivity contribution in [2.24, 2.45) is 0 Å². The van der Waals surface area contributed by atoms with Crippen LogP contribution in [0.1, 0.15) is 32.6 Å². The van der Waals surface area contributed by atoms with Crippen LogP contribution in [0.3, 0.4) is 0 Å². The number of ether oxygens (including phenoxy) is 1. The van der Waals surface area contributed by atoms with Gasteiger partial charge in [-0.15, -0.1) is 0 Å². The summed E-state index contributed by atoms with van der Waals surface area (Å²) < 4.78 is 4.46. The summed E-state index contributed by atoms with van der Waals surface area (Å²) in [4.78, 5) is 23.6. The number of esters is 1. The minimum absolute atomic E-state index is 0.00356. The van der Waals surface area contributed by atoms with Crippen LogP contribution in [0, 0.1) is 0 Å². The molecule has 14 heavy (non-hydrogen) atoms. The minimum Gasteiger partial charge on any atom is -0.468 e. The molecule has 0 aromatic heterocycles. The average molecular weight is 201 g/mol. The zero-order chi connectivity index (χ0) is 11.0. The normalized spacial score (nSPS) is 9.64. The summed E-state index contributed by atoms with van der Waals surface area (Å²) in [6.07, 6.45) is 3.55. The Morgan fingerprint density at radius 1 is 1.29 bits per heavy atom. The van der Waals surface area contributed by atoms with E-state index in [0.29, 0.717) is 6.42 Å². The maximum atomic E-state index is 11.4. The molecule has 0 rings (SSSR count). The van der Waals surface area contributed by atoms with Gasteiger partial charge in [0.2, 0.25) is 5.91 Å². The second-order valence-corrected chi connectivity index (χ2v) is 3.28. The molecule has 1 amide bonds. The van der Waals surface area contributed by atoms with E-state index in [9.17, 15) is 9.59 Å². The lowest BCUT2D eigenvalue weighted by atomic mass is 10.2. The van der Waals surface area contributed by atoms with Crippen LogP contribution < -0.4 is 0 Å². The van der Waals surface area contributed by atoms with Crippen molar-refractivity contribution in [3.8, 4) is 0 Å². The predicted octanol–water partition coefficient (Wildman–Crippen LogP) is 1.20. The molecular formula is C10H19NO3. The van der Waals surface area contributed by atoms with E-state index in [2.05, 4.69) is 11.7 Å². The van der Waals surface area contributed by atoms with Crippen molar-refractivity contribution in [1.29, 1.82) is 0 Å². The highest BCUT2D eigenvalue weighted by molar-refractivity contribution is 5.81. The molecular weight excluding hydrogens is 182 g/mol. The number of carbonyl (C=O) groups is 2. The van der Waals surface area contributed by atoms with Gasteiger partial charge in [-0.1, -0.05) is 19.8 Å². The van der Waals surface area contributed by atoms with Crippen LogP contribution in [0.5, 0.6) is 0 Å². The molecule has 0 aromatic carbocycles. The first-order valence-electron chi connectivity index (χ1n) is 4.92. The maximum absolute atomic E-state index is 11.4. The number of hydrogen-bond acceptors (Lipinski definition) is 3. The van der Waals surface area contributed by atoms with Crippen molar-refractivity contribution in [1.82, 2.24) is 4.90 Å². The first-order chi connectivity index (χ1) is 6.61. The number of rotatable bonds is 6. The van der Waals surface area contributed by atoms with Crippen LogP contribution in [0.25, 0.3) is 0 Å². The highest BCUT2D eigenvalue weighted by Crippen LogP contribution is 2.01. The van der Waals surface area contributed by atoms with Crippen LogP contribution in [-0.2, 0) is 14.3 Å². The lowest BCUT2D eigenvalue weighted by Crippen LogP contribution is -2.32. The van der Waals surface area contributed by atoms with Gasteiger partial charge in [0.15, 0.2) is 0 Å².